The van der Waals surface area contributed by atoms with E-state index in [2.05, 4.69) is 15.9 Å². The van der Waals surface area contributed by atoms with Crippen LogP contribution in [-0.2, 0) is 10.0 Å². The summed E-state index contributed by atoms with van der Waals surface area (Å²) in [6, 6.07) is 10.8. The summed E-state index contributed by atoms with van der Waals surface area (Å²) in [5.41, 5.74) is 1.74. The molecule has 0 N–H and O–H groups in total. The molecule has 0 saturated carbocycles. The van der Waals surface area contributed by atoms with Crippen LogP contribution in [0, 0.1) is 6.92 Å². The number of aryl methyl sites for hydroxylation is 1. The monoisotopic (exact) mass is 428 g/mol. The Morgan fingerprint density at radius 3 is 2.21 bits per heavy atom. The Morgan fingerprint density at radius 1 is 1.04 bits per heavy atom. The first-order valence-corrected chi connectivity index (χ1v) is 10.5. The second-order valence-corrected chi connectivity index (χ2v) is 10.2. The lowest BCUT2D eigenvalue weighted by Crippen LogP contribution is -2.50. The Morgan fingerprint density at radius 2 is 1.67 bits per heavy atom. The zero-order chi connectivity index (χ0) is 17.3. The van der Waals surface area contributed by atoms with E-state index < -0.39 is 10.0 Å². The number of carbonyl (C=O) groups excluding carboxylic acids is 1. The lowest BCUT2D eigenvalue weighted by molar-refractivity contribution is 0.0698. The number of thiophene rings is 1. The van der Waals surface area contributed by atoms with Gasteiger partial charge in [0, 0.05) is 31.7 Å². The van der Waals surface area contributed by atoms with Crippen molar-refractivity contribution in [1.29, 1.82) is 0 Å². The smallest absolute Gasteiger partial charge is 0.253 e. The van der Waals surface area contributed by atoms with Crippen LogP contribution in [0.5, 0.6) is 0 Å². The molecule has 0 unspecified atom stereocenters. The third-order valence-corrected chi connectivity index (χ3v) is 7.96. The lowest BCUT2D eigenvalue weighted by atomic mass is 10.1. The predicted octanol–water partition coefficient (Wildman–Crippen LogP) is 2.97. The minimum absolute atomic E-state index is 0.0501. The molecule has 0 aliphatic carbocycles. The molecule has 1 aliphatic heterocycles. The van der Waals surface area contributed by atoms with Gasteiger partial charge in [0.25, 0.3) is 15.9 Å². The van der Waals surface area contributed by atoms with Crippen LogP contribution in [0.15, 0.2) is 44.4 Å². The average Bonchev–Trinajstić information content (AvgIpc) is 3.02. The highest BCUT2D eigenvalue weighted by molar-refractivity contribution is 9.11. The Bertz CT molecular complexity index is 838. The van der Waals surface area contributed by atoms with Crippen LogP contribution < -0.4 is 0 Å². The zero-order valence-corrected chi connectivity index (χ0v) is 16.3. The van der Waals surface area contributed by atoms with Crippen molar-refractivity contribution in [3.05, 3.63) is 51.3 Å². The van der Waals surface area contributed by atoms with Crippen molar-refractivity contribution in [2.45, 2.75) is 11.1 Å². The Kier molecular flexibility index (Phi) is 5.10. The minimum atomic E-state index is -3.48. The summed E-state index contributed by atoms with van der Waals surface area (Å²) in [7, 11) is -3.48. The third-order valence-electron chi connectivity index (χ3n) is 3.97. The molecule has 2 aromatic rings. The van der Waals surface area contributed by atoms with Crippen molar-refractivity contribution < 1.29 is 13.2 Å². The van der Waals surface area contributed by atoms with Crippen molar-refractivity contribution in [2.24, 2.45) is 0 Å². The van der Waals surface area contributed by atoms with Crippen LogP contribution in [0.1, 0.15) is 15.9 Å². The van der Waals surface area contributed by atoms with E-state index >= 15 is 0 Å². The molecule has 3 rings (SSSR count). The molecule has 0 spiro atoms. The van der Waals surface area contributed by atoms with Gasteiger partial charge in [-0.1, -0.05) is 17.7 Å². The molecule has 8 heteroatoms. The molecule has 1 amide bonds. The van der Waals surface area contributed by atoms with Gasteiger partial charge < -0.3 is 4.90 Å². The van der Waals surface area contributed by atoms with Gasteiger partial charge in [0.05, 0.1) is 3.79 Å². The second-order valence-electron chi connectivity index (χ2n) is 5.62. The van der Waals surface area contributed by atoms with E-state index in [4.69, 9.17) is 0 Å². The molecule has 1 saturated heterocycles. The highest BCUT2D eigenvalue weighted by Gasteiger charge is 2.31. The number of piperazine rings is 1. The molecular weight excluding hydrogens is 412 g/mol. The van der Waals surface area contributed by atoms with Crippen LogP contribution in [0.25, 0.3) is 0 Å². The number of sulfonamides is 1. The highest BCUT2D eigenvalue weighted by Crippen LogP contribution is 2.29. The molecule has 1 aromatic carbocycles. The van der Waals surface area contributed by atoms with E-state index in [1.807, 2.05) is 31.2 Å². The predicted molar refractivity (Wildman–Crippen MR) is 97.9 cm³/mol. The van der Waals surface area contributed by atoms with E-state index in [9.17, 15) is 13.2 Å². The number of nitrogens with zero attached hydrogens (tertiary/aromatic N) is 2. The van der Waals surface area contributed by atoms with Gasteiger partial charge in [0.15, 0.2) is 0 Å². The van der Waals surface area contributed by atoms with Gasteiger partial charge in [-0.05, 0) is 47.1 Å². The van der Waals surface area contributed by atoms with Crippen molar-refractivity contribution >= 4 is 43.2 Å². The van der Waals surface area contributed by atoms with Crippen molar-refractivity contribution in [2.75, 3.05) is 26.2 Å². The SMILES string of the molecule is Cc1ccc(C(=O)N2CCN(S(=O)(=O)c3ccc(Br)s3)CC2)cc1. The second kappa shape index (κ2) is 6.95. The van der Waals surface area contributed by atoms with Crippen LogP contribution in [0.2, 0.25) is 0 Å². The first-order valence-electron chi connectivity index (χ1n) is 7.49. The molecule has 1 aromatic heterocycles. The maximum Gasteiger partial charge on any atom is 0.253 e. The Balaban J connectivity index is 1.67. The van der Waals surface area contributed by atoms with Gasteiger partial charge in [0.1, 0.15) is 4.21 Å². The summed E-state index contributed by atoms with van der Waals surface area (Å²) in [5.74, 6) is -0.0501. The lowest BCUT2D eigenvalue weighted by Gasteiger charge is -2.33. The van der Waals surface area contributed by atoms with E-state index in [-0.39, 0.29) is 5.91 Å². The van der Waals surface area contributed by atoms with E-state index in [0.717, 1.165) is 9.35 Å². The first kappa shape index (κ1) is 17.6. The number of halogens is 1. The molecule has 1 fully saturated rings. The zero-order valence-electron chi connectivity index (χ0n) is 13.1. The average molecular weight is 429 g/mol. The molecule has 1 aliphatic rings. The Hall–Kier alpha value is -1.22. The van der Waals surface area contributed by atoms with E-state index in [1.54, 1.807) is 17.0 Å². The standard InChI is InChI=1S/C16H17BrN2O3S2/c1-12-2-4-13(5-3-12)16(20)18-8-10-19(11-9-18)24(21,22)15-7-6-14(17)23-15/h2-7H,8-11H2,1H3. The fraction of sp³-hybridized carbons (Fsp3) is 0.312. The number of hydrogen-bond donors (Lipinski definition) is 0. The molecular formula is C16H17BrN2O3S2. The topological polar surface area (TPSA) is 57.7 Å². The molecule has 2 heterocycles. The fourth-order valence-electron chi connectivity index (χ4n) is 2.57. The van der Waals surface area contributed by atoms with Gasteiger partial charge in [-0.3, -0.25) is 4.79 Å². The fourth-order valence-corrected chi connectivity index (χ4v) is 6.16. The van der Waals surface area contributed by atoms with Gasteiger partial charge >= 0.3 is 0 Å². The summed E-state index contributed by atoms with van der Waals surface area (Å²) < 4.78 is 27.8. The van der Waals surface area contributed by atoms with Crippen molar-refractivity contribution in [1.82, 2.24) is 9.21 Å². The largest absolute Gasteiger partial charge is 0.336 e. The summed E-state index contributed by atoms with van der Waals surface area (Å²) in [6.45, 7) is 3.41. The van der Waals surface area contributed by atoms with Gasteiger partial charge in [-0.25, -0.2) is 8.42 Å². The van der Waals surface area contributed by atoms with Crippen LogP contribution in [-0.4, -0.2) is 49.7 Å². The summed E-state index contributed by atoms with van der Waals surface area (Å²) >= 11 is 4.49. The van der Waals surface area contributed by atoms with Crippen LogP contribution in [0.4, 0.5) is 0 Å². The first-order chi connectivity index (χ1) is 11.4. The van der Waals surface area contributed by atoms with Gasteiger partial charge in [0.2, 0.25) is 0 Å². The minimum Gasteiger partial charge on any atom is -0.336 e. The maximum atomic E-state index is 12.6. The van der Waals surface area contributed by atoms with Gasteiger partial charge in [-0.15, -0.1) is 11.3 Å². The molecule has 0 radical (unpaired) electrons. The molecule has 24 heavy (non-hydrogen) atoms. The molecule has 0 bridgehead atoms. The van der Waals surface area contributed by atoms with Crippen molar-refractivity contribution in [3.8, 4) is 0 Å². The van der Waals surface area contributed by atoms with Crippen LogP contribution in [0.3, 0.4) is 0 Å². The number of rotatable bonds is 3. The van der Waals surface area contributed by atoms with Gasteiger partial charge in [-0.2, -0.15) is 4.31 Å². The molecule has 5 nitrogen and oxygen atoms in total. The summed E-state index contributed by atoms with van der Waals surface area (Å²) in [4.78, 5) is 14.2. The molecule has 128 valence electrons. The maximum absolute atomic E-state index is 12.6. The summed E-state index contributed by atoms with van der Waals surface area (Å²) in [6.07, 6.45) is 0. The number of carbonyl (C=O) groups is 1. The highest BCUT2D eigenvalue weighted by atomic mass is 79.9. The van der Waals surface area contributed by atoms with Crippen LogP contribution >= 0.6 is 27.3 Å². The van der Waals surface area contributed by atoms with E-state index in [1.165, 1.54) is 15.6 Å². The molecule has 0 atom stereocenters. The van der Waals surface area contributed by atoms with Crippen molar-refractivity contribution in [3.63, 3.8) is 0 Å². The quantitative estimate of drug-likeness (QED) is 0.754. The number of benzene rings is 1. The Labute approximate surface area is 154 Å². The van der Waals surface area contributed by atoms with E-state index in [0.29, 0.717) is 36.0 Å². The summed E-state index contributed by atoms with van der Waals surface area (Å²) in [5, 5.41) is 0. The normalized spacial score (nSPS) is 16.3. The third kappa shape index (κ3) is 3.56. The number of hydrogen-bond acceptors (Lipinski definition) is 4. The number of amides is 1.